The Balaban J connectivity index is 3.02. The van der Waals surface area contributed by atoms with Gasteiger partial charge in [-0.05, 0) is 35.6 Å². The summed E-state index contributed by atoms with van der Waals surface area (Å²) < 4.78 is 57.8. The summed E-state index contributed by atoms with van der Waals surface area (Å²) >= 11 is 1.48. The average molecular weight is 478 g/mol. The van der Waals surface area contributed by atoms with Crippen LogP contribution in [-0.4, -0.2) is 40.6 Å². The van der Waals surface area contributed by atoms with Gasteiger partial charge in [-0.2, -0.15) is 0 Å². The first-order chi connectivity index (χ1) is 10.5. The molecule has 132 valence electrons. The van der Waals surface area contributed by atoms with Gasteiger partial charge in [-0.1, -0.05) is 19.6 Å². The van der Waals surface area contributed by atoms with Crippen molar-refractivity contribution >= 4 is 46.5 Å². The third-order valence-electron chi connectivity index (χ3n) is 3.04. The lowest BCUT2D eigenvalue weighted by Gasteiger charge is -2.24. The first kappa shape index (κ1) is 20.7. The van der Waals surface area contributed by atoms with Crippen molar-refractivity contribution in [1.82, 2.24) is 4.98 Å². The fourth-order valence-corrected chi connectivity index (χ4v) is 3.64. The summed E-state index contributed by atoms with van der Waals surface area (Å²) in [5.41, 5.74) is 0. The molecule has 0 aromatic carbocycles. The molecule has 0 N–H and O–H groups in total. The van der Waals surface area contributed by atoms with Gasteiger partial charge in [-0.15, -0.1) is 0 Å². The van der Waals surface area contributed by atoms with E-state index in [9.17, 15) is 17.2 Å². The molecule has 5 nitrogen and oxygen atoms in total. The number of ether oxygens (including phenoxy) is 1. The first-order valence-electron chi connectivity index (χ1n) is 7.07. The molecule has 0 radical (unpaired) electrons. The van der Waals surface area contributed by atoms with Gasteiger partial charge in [0.2, 0.25) is 10.0 Å². The van der Waals surface area contributed by atoms with E-state index in [2.05, 4.69) is 24.6 Å². The van der Waals surface area contributed by atoms with Crippen molar-refractivity contribution in [2.75, 3.05) is 23.4 Å². The summed E-state index contributed by atoms with van der Waals surface area (Å²) in [5.74, 6) is -2.51. The van der Waals surface area contributed by atoms with Crippen LogP contribution in [-0.2, 0) is 14.8 Å². The summed E-state index contributed by atoms with van der Waals surface area (Å²) in [4.78, 5) is 3.60. The van der Waals surface area contributed by atoms with Gasteiger partial charge in [0.25, 0.3) is 0 Å². The van der Waals surface area contributed by atoms with E-state index >= 15 is 0 Å². The molecule has 0 fully saturated rings. The minimum atomic E-state index is -3.79. The van der Waals surface area contributed by atoms with Gasteiger partial charge in [0.1, 0.15) is 6.73 Å². The van der Waals surface area contributed by atoms with E-state index in [1.807, 2.05) is 0 Å². The summed E-state index contributed by atoms with van der Waals surface area (Å²) in [6, 6.07) is 0.851. The number of nitrogens with zero attached hydrogens (tertiary/aromatic N) is 2. The molecule has 0 spiro atoms. The minimum absolute atomic E-state index is 0.237. The predicted octanol–water partition coefficient (Wildman–Crippen LogP) is 3.43. The van der Waals surface area contributed by atoms with Crippen LogP contribution in [0.15, 0.2) is 6.20 Å². The van der Waals surface area contributed by atoms with E-state index in [0.717, 1.165) is 16.5 Å². The molecule has 1 heterocycles. The molecule has 0 atom stereocenters. The highest BCUT2D eigenvalue weighted by atomic mass is 127. The van der Waals surface area contributed by atoms with Crippen LogP contribution in [0.4, 0.5) is 14.6 Å². The molecule has 0 aliphatic carbocycles. The molecule has 23 heavy (non-hydrogen) atoms. The fraction of sp³-hybridized carbons (Fsp3) is 0.615. The van der Waals surface area contributed by atoms with Crippen LogP contribution in [0.3, 0.4) is 0 Å². The van der Waals surface area contributed by atoms with Crippen LogP contribution in [0.25, 0.3) is 0 Å². The number of hydrogen-bond donors (Lipinski definition) is 0. The summed E-state index contributed by atoms with van der Waals surface area (Å²) in [5, 5.41) is 0. The van der Waals surface area contributed by atoms with E-state index in [1.165, 1.54) is 29.5 Å². The number of rotatable bonds is 8. The topological polar surface area (TPSA) is 59.5 Å². The molecule has 0 bridgehead atoms. The van der Waals surface area contributed by atoms with Crippen LogP contribution in [0.5, 0.6) is 0 Å². The minimum Gasteiger partial charge on any atom is -0.360 e. The van der Waals surface area contributed by atoms with Gasteiger partial charge in [-0.25, -0.2) is 26.5 Å². The largest absolute Gasteiger partial charge is 0.360 e. The zero-order valence-electron chi connectivity index (χ0n) is 13.6. The Hall–Kier alpha value is -0.333. The van der Waals surface area contributed by atoms with Crippen molar-refractivity contribution in [2.24, 2.45) is 0 Å². The number of hydrogen-bond acceptors (Lipinski definition) is 4. The number of pyridine rings is 1. The van der Waals surface area contributed by atoms with Crippen molar-refractivity contribution in [3.8, 4) is 0 Å². The Morgan fingerprint density at radius 3 is 2.48 bits per heavy atom. The maximum absolute atomic E-state index is 14.2. The molecular formula is C13H21F2IN2O3SSi. The maximum Gasteiger partial charge on any atom is 0.238 e. The van der Waals surface area contributed by atoms with Gasteiger partial charge in [0.05, 0.1) is 15.5 Å². The standard InChI is InChI=1S/C13H21F2IN2O3SSi/c1-5-22(19,20)18(9-21-6-7-23(2,3)4)13-11(15)12(16)10(14)8-17-13/h8H,5-7,9H2,1-4H3. The second-order valence-corrected chi connectivity index (χ2v) is 15.0. The highest BCUT2D eigenvalue weighted by Crippen LogP contribution is 2.25. The Bertz CT molecular complexity index is 653. The molecule has 0 amide bonds. The third-order valence-corrected chi connectivity index (χ3v) is 7.41. The quantitative estimate of drug-likeness (QED) is 0.249. The maximum atomic E-state index is 14.2. The molecule has 0 saturated carbocycles. The predicted molar refractivity (Wildman–Crippen MR) is 97.8 cm³/mol. The van der Waals surface area contributed by atoms with Crippen LogP contribution >= 0.6 is 22.6 Å². The monoisotopic (exact) mass is 478 g/mol. The third kappa shape index (κ3) is 5.91. The van der Waals surface area contributed by atoms with Gasteiger partial charge in [-0.3, -0.25) is 0 Å². The summed E-state index contributed by atoms with van der Waals surface area (Å²) in [7, 11) is -5.11. The summed E-state index contributed by atoms with van der Waals surface area (Å²) in [6.07, 6.45) is 0.806. The van der Waals surface area contributed by atoms with Crippen molar-refractivity contribution in [3.05, 3.63) is 21.4 Å². The van der Waals surface area contributed by atoms with Crippen molar-refractivity contribution < 1.29 is 21.9 Å². The highest BCUT2D eigenvalue weighted by Gasteiger charge is 2.27. The number of anilines is 1. The highest BCUT2D eigenvalue weighted by molar-refractivity contribution is 14.1. The van der Waals surface area contributed by atoms with Gasteiger partial charge >= 0.3 is 0 Å². The van der Waals surface area contributed by atoms with Gasteiger partial charge in [0.15, 0.2) is 17.5 Å². The normalized spacial score (nSPS) is 12.5. The molecule has 10 heteroatoms. The molecule has 1 aromatic rings. The number of sulfonamides is 1. The zero-order chi connectivity index (χ0) is 17.8. The van der Waals surface area contributed by atoms with Crippen LogP contribution < -0.4 is 4.31 Å². The van der Waals surface area contributed by atoms with Crippen molar-refractivity contribution in [1.29, 1.82) is 0 Å². The Labute approximate surface area is 150 Å². The van der Waals surface area contributed by atoms with Gasteiger partial charge in [0, 0.05) is 14.7 Å². The second kappa shape index (κ2) is 8.16. The Morgan fingerprint density at radius 1 is 1.35 bits per heavy atom. The Kier molecular flexibility index (Phi) is 7.35. The van der Waals surface area contributed by atoms with E-state index in [1.54, 1.807) is 0 Å². The number of aromatic nitrogens is 1. The van der Waals surface area contributed by atoms with Crippen molar-refractivity contribution in [3.63, 3.8) is 0 Å². The molecule has 0 aliphatic heterocycles. The molecule has 0 unspecified atom stereocenters. The molecule has 0 aliphatic rings. The lowest BCUT2D eigenvalue weighted by Crippen LogP contribution is -2.36. The molecule has 1 aromatic heterocycles. The lowest BCUT2D eigenvalue weighted by atomic mass is 10.4. The SMILES string of the molecule is CCS(=O)(=O)N(COCC[Si](C)(C)C)c1ncc(F)c(I)c1F. The average Bonchev–Trinajstić information content (AvgIpc) is 2.45. The van der Waals surface area contributed by atoms with Gasteiger partial charge < -0.3 is 4.74 Å². The van der Waals surface area contributed by atoms with Crippen molar-refractivity contribution in [2.45, 2.75) is 32.6 Å². The fourth-order valence-electron chi connectivity index (χ4n) is 1.56. The number of halogens is 3. The van der Waals surface area contributed by atoms with Crippen LogP contribution in [0.2, 0.25) is 25.7 Å². The molecular weight excluding hydrogens is 457 g/mol. The van der Waals surface area contributed by atoms with E-state index in [0.29, 0.717) is 6.61 Å². The van der Waals surface area contributed by atoms with E-state index in [-0.39, 0.29) is 16.1 Å². The van der Waals surface area contributed by atoms with E-state index in [4.69, 9.17) is 4.74 Å². The molecule has 0 saturated heterocycles. The van der Waals surface area contributed by atoms with Crippen LogP contribution in [0, 0.1) is 15.2 Å². The Morgan fingerprint density at radius 2 is 1.96 bits per heavy atom. The lowest BCUT2D eigenvalue weighted by molar-refractivity contribution is 0.155. The zero-order valence-corrected chi connectivity index (χ0v) is 17.5. The second-order valence-electron chi connectivity index (χ2n) is 6.15. The summed E-state index contributed by atoms with van der Waals surface area (Å²) in [6.45, 7) is 7.98. The van der Waals surface area contributed by atoms with Crippen LogP contribution in [0.1, 0.15) is 6.92 Å². The smallest absolute Gasteiger partial charge is 0.238 e. The molecule has 1 rings (SSSR count). The van der Waals surface area contributed by atoms with E-state index < -0.39 is 35.5 Å². The first-order valence-corrected chi connectivity index (χ1v) is 13.5.